The summed E-state index contributed by atoms with van der Waals surface area (Å²) in [6.45, 7) is 8.75. The van der Waals surface area contributed by atoms with Crippen LogP contribution in [0.15, 0.2) is 64.1 Å². The highest BCUT2D eigenvalue weighted by atomic mass is 32.2. The molecule has 0 fully saturated rings. The maximum absolute atomic E-state index is 12.5. The molecule has 1 aromatic rings. The van der Waals surface area contributed by atoms with E-state index in [1.807, 2.05) is 24.3 Å². The molecule has 0 aliphatic carbocycles. The van der Waals surface area contributed by atoms with E-state index in [9.17, 15) is 4.79 Å². The Labute approximate surface area is 197 Å². The van der Waals surface area contributed by atoms with Gasteiger partial charge in [-0.25, -0.2) is 9.78 Å². The van der Waals surface area contributed by atoms with E-state index in [1.54, 1.807) is 11.8 Å². The molecule has 0 unspecified atom stereocenters. The fourth-order valence-electron chi connectivity index (χ4n) is 2.77. The second-order valence-corrected chi connectivity index (χ2v) is 8.70. The summed E-state index contributed by atoms with van der Waals surface area (Å²) in [5.41, 5.74) is 7.35. The van der Waals surface area contributed by atoms with Gasteiger partial charge in [-0.2, -0.15) is 5.48 Å². The number of benzene rings is 1. The summed E-state index contributed by atoms with van der Waals surface area (Å²) in [5.74, 6) is 0.642. The van der Waals surface area contributed by atoms with Gasteiger partial charge in [-0.15, -0.1) is 11.8 Å². The molecule has 1 rings (SSSR count). The van der Waals surface area contributed by atoms with Gasteiger partial charge in [0.2, 0.25) is 0 Å². The van der Waals surface area contributed by atoms with Crippen LogP contribution in [-0.4, -0.2) is 32.2 Å². The highest BCUT2D eigenvalue weighted by molar-refractivity contribution is 7.99. The molecule has 0 radical (unpaired) electrons. The zero-order valence-corrected chi connectivity index (χ0v) is 20.8. The van der Waals surface area contributed by atoms with Crippen molar-refractivity contribution >= 4 is 17.7 Å². The molecule has 32 heavy (non-hydrogen) atoms. The fraction of sp³-hybridized carbons (Fsp3) is 0.480. The van der Waals surface area contributed by atoms with E-state index in [-0.39, 0.29) is 19.4 Å². The Hall–Kier alpha value is -1.90. The van der Waals surface area contributed by atoms with Gasteiger partial charge in [0.1, 0.15) is 6.73 Å². The maximum Gasteiger partial charge on any atom is 0.254 e. The van der Waals surface area contributed by atoms with Crippen LogP contribution in [0.3, 0.4) is 0 Å². The topological polar surface area (TPSA) is 68.8 Å². The summed E-state index contributed by atoms with van der Waals surface area (Å²) in [5, 5.41) is 2.72. The van der Waals surface area contributed by atoms with Crippen molar-refractivity contribution in [3.05, 3.63) is 64.8 Å². The Morgan fingerprint density at radius 1 is 0.969 bits per heavy atom. The summed E-state index contributed by atoms with van der Waals surface area (Å²) < 4.78 is 0. The lowest BCUT2D eigenvalue weighted by Gasteiger charge is -2.10. The second-order valence-electron chi connectivity index (χ2n) is 7.63. The first-order valence-corrected chi connectivity index (χ1v) is 11.9. The normalized spacial score (nSPS) is 12.0. The summed E-state index contributed by atoms with van der Waals surface area (Å²) in [7, 11) is 1.40. The van der Waals surface area contributed by atoms with Crippen LogP contribution in [0.4, 0.5) is 0 Å². The van der Waals surface area contributed by atoms with Crippen LogP contribution in [0.1, 0.15) is 63.7 Å². The van der Waals surface area contributed by atoms with Gasteiger partial charge in [-0.3, -0.25) is 9.63 Å². The zero-order chi connectivity index (χ0) is 23.6. The highest BCUT2D eigenvalue weighted by Crippen LogP contribution is 2.23. The fourth-order valence-corrected chi connectivity index (χ4v) is 3.80. The summed E-state index contributed by atoms with van der Waals surface area (Å²) in [4.78, 5) is 27.5. The summed E-state index contributed by atoms with van der Waals surface area (Å²) in [6, 6.07) is 7.59. The number of rotatable bonds is 16. The molecule has 1 aromatic carbocycles. The Balaban J connectivity index is 2.42. The quantitative estimate of drug-likeness (QED) is 0.0791. The molecule has 0 spiro atoms. The van der Waals surface area contributed by atoms with Crippen LogP contribution in [0.2, 0.25) is 0 Å². The molecule has 178 valence electrons. The third-order valence-electron chi connectivity index (χ3n) is 4.57. The molecule has 0 aliphatic rings. The number of hydroxylamine groups is 1. The van der Waals surface area contributed by atoms with Crippen molar-refractivity contribution in [1.29, 1.82) is 0 Å². The average Bonchev–Trinajstić information content (AvgIpc) is 2.76. The van der Waals surface area contributed by atoms with E-state index in [4.69, 9.17) is 4.84 Å². The molecule has 0 bridgehead atoms. The lowest BCUT2D eigenvalue weighted by atomic mass is 10.1. The van der Waals surface area contributed by atoms with Gasteiger partial charge in [-0.05, 0) is 65.5 Å². The monoisotopic (exact) mass is 462 g/mol. The van der Waals surface area contributed by atoms with E-state index in [2.05, 4.69) is 66.5 Å². The first kappa shape index (κ1) is 28.1. The first-order valence-electron chi connectivity index (χ1n) is 10.9. The Morgan fingerprint density at radius 3 is 2.38 bits per heavy atom. The first-order chi connectivity index (χ1) is 15.4. The van der Waals surface area contributed by atoms with Crippen LogP contribution in [0.5, 0.6) is 0 Å². The molecule has 0 aliphatic heterocycles. The number of amides is 1. The van der Waals surface area contributed by atoms with Crippen molar-refractivity contribution < 1.29 is 19.4 Å². The van der Waals surface area contributed by atoms with Gasteiger partial charge in [-0.1, -0.05) is 47.1 Å². The molecule has 7 heteroatoms. The smallest absolute Gasteiger partial charge is 0.254 e. The largest absolute Gasteiger partial charge is 0.327 e. The van der Waals surface area contributed by atoms with Gasteiger partial charge in [0, 0.05) is 10.6 Å². The van der Waals surface area contributed by atoms with Gasteiger partial charge < -0.3 is 5.32 Å². The Morgan fingerprint density at radius 2 is 1.66 bits per heavy atom. The molecular weight excluding hydrogens is 424 g/mol. The zero-order valence-electron chi connectivity index (χ0n) is 20.0. The standard InChI is InChI=1S/C25H38N2O4S/c1-20(2)10-8-11-21(3)12-9-13-22(4)16-17-32-24-15-7-6-14-23(24)25(28)26-18-30-27-19-31-29-5/h6-7,10,12,14-16,27H,8-9,11,13,17-19H2,1-5H3,(H,26,28). The molecule has 0 heterocycles. The SMILES string of the molecule is COOCNOCNC(=O)c1ccccc1SCC=C(C)CCC=C(C)CCC=C(C)C. The van der Waals surface area contributed by atoms with Crippen LogP contribution in [0, 0.1) is 0 Å². The third kappa shape index (κ3) is 13.5. The number of carbonyl (C=O) groups excluding carboxylic acids is 1. The van der Waals surface area contributed by atoms with E-state index >= 15 is 0 Å². The summed E-state index contributed by atoms with van der Waals surface area (Å²) >= 11 is 1.66. The van der Waals surface area contributed by atoms with E-state index in [0.29, 0.717) is 5.56 Å². The molecular formula is C25H38N2O4S. The lowest BCUT2D eigenvalue weighted by molar-refractivity contribution is -0.292. The number of thioether (sulfide) groups is 1. The van der Waals surface area contributed by atoms with Gasteiger partial charge in [0.15, 0.2) is 6.73 Å². The second kappa shape index (κ2) is 17.6. The van der Waals surface area contributed by atoms with Crippen molar-refractivity contribution in [3.8, 4) is 0 Å². The van der Waals surface area contributed by atoms with Crippen LogP contribution in [-0.2, 0) is 14.6 Å². The van der Waals surface area contributed by atoms with Crippen LogP contribution in [0.25, 0.3) is 0 Å². The molecule has 0 atom stereocenters. The molecule has 6 nitrogen and oxygen atoms in total. The third-order valence-corrected chi connectivity index (χ3v) is 5.57. The molecule has 0 saturated carbocycles. The maximum atomic E-state index is 12.5. The number of allylic oxidation sites excluding steroid dienone is 5. The van der Waals surface area contributed by atoms with Crippen molar-refractivity contribution in [1.82, 2.24) is 10.8 Å². The number of hydrogen-bond acceptors (Lipinski definition) is 6. The number of hydrogen-bond donors (Lipinski definition) is 2. The highest BCUT2D eigenvalue weighted by Gasteiger charge is 2.10. The predicted molar refractivity (Wildman–Crippen MR) is 132 cm³/mol. The van der Waals surface area contributed by atoms with Crippen LogP contribution >= 0.6 is 11.8 Å². The molecule has 0 saturated heterocycles. The minimum atomic E-state index is -0.183. The van der Waals surface area contributed by atoms with Crippen LogP contribution < -0.4 is 10.8 Å². The average molecular weight is 463 g/mol. The van der Waals surface area contributed by atoms with Crippen molar-refractivity contribution in [2.24, 2.45) is 0 Å². The molecule has 0 aromatic heterocycles. The number of carbonyl (C=O) groups is 1. The molecule has 1 amide bonds. The van der Waals surface area contributed by atoms with E-state index < -0.39 is 0 Å². The van der Waals surface area contributed by atoms with Crippen molar-refractivity contribution in [2.75, 3.05) is 26.3 Å². The van der Waals surface area contributed by atoms with Gasteiger partial charge >= 0.3 is 0 Å². The Bertz CT molecular complexity index is 771. The Kier molecular flexibility index (Phi) is 15.5. The van der Waals surface area contributed by atoms with Crippen molar-refractivity contribution in [3.63, 3.8) is 0 Å². The summed E-state index contributed by atoms with van der Waals surface area (Å²) in [6.07, 6.45) is 11.3. The molecule has 2 N–H and O–H groups in total. The van der Waals surface area contributed by atoms with Gasteiger partial charge in [0.25, 0.3) is 5.91 Å². The predicted octanol–water partition coefficient (Wildman–Crippen LogP) is 5.94. The van der Waals surface area contributed by atoms with E-state index in [0.717, 1.165) is 36.3 Å². The van der Waals surface area contributed by atoms with E-state index in [1.165, 1.54) is 23.8 Å². The van der Waals surface area contributed by atoms with Gasteiger partial charge in [0.05, 0.1) is 12.7 Å². The van der Waals surface area contributed by atoms with Crippen molar-refractivity contribution in [2.45, 2.75) is 58.3 Å². The lowest BCUT2D eigenvalue weighted by Crippen LogP contribution is -2.31. The minimum absolute atomic E-state index is 0.0190. The number of nitrogens with one attached hydrogen (secondary N) is 2. The minimum Gasteiger partial charge on any atom is -0.327 e.